The van der Waals surface area contributed by atoms with Crippen molar-refractivity contribution in [2.45, 2.75) is 17.3 Å². The Bertz CT molecular complexity index is 190. The van der Waals surface area contributed by atoms with Gasteiger partial charge in [-0.15, -0.1) is 0 Å². The van der Waals surface area contributed by atoms with E-state index in [-0.39, 0.29) is 0 Å². The van der Waals surface area contributed by atoms with Crippen molar-refractivity contribution in [2.24, 2.45) is 0 Å². The summed E-state index contributed by atoms with van der Waals surface area (Å²) in [4.78, 5) is 8.48. The summed E-state index contributed by atoms with van der Waals surface area (Å²) in [6, 6.07) is 0. The van der Waals surface area contributed by atoms with Crippen molar-refractivity contribution in [3.8, 4) is 0 Å². The van der Waals surface area contributed by atoms with Gasteiger partial charge in [0.15, 0.2) is 0 Å². The molecule has 0 fully saturated rings. The molecule has 4 heteroatoms. The average Bonchev–Trinajstić information content (AvgIpc) is 1.88. The topological polar surface area (TPSA) is 46.0 Å². The van der Waals surface area contributed by atoms with Crippen LogP contribution in [0, 0.1) is 0 Å². The van der Waals surface area contributed by atoms with Gasteiger partial charge in [0.1, 0.15) is 11.8 Å². The highest BCUT2D eigenvalue weighted by Crippen LogP contribution is 2.18. The normalized spacial score (nSPS) is 13.0. The van der Waals surface area contributed by atoms with Crippen LogP contribution >= 0.6 is 11.8 Å². The SMILES string of the molecule is CC(O)Sc1cncnc1. The average molecular weight is 156 g/mol. The summed E-state index contributed by atoms with van der Waals surface area (Å²) in [5.74, 6) is 0. The molecule has 0 saturated carbocycles. The van der Waals surface area contributed by atoms with Gasteiger partial charge in [0.2, 0.25) is 0 Å². The molecule has 0 aromatic carbocycles. The van der Waals surface area contributed by atoms with Gasteiger partial charge in [-0.3, -0.25) is 0 Å². The first-order valence-corrected chi connectivity index (χ1v) is 3.77. The lowest BCUT2D eigenvalue weighted by Gasteiger charge is -2.00. The smallest absolute Gasteiger partial charge is 0.115 e. The summed E-state index contributed by atoms with van der Waals surface area (Å²) in [5, 5.41) is 8.91. The second kappa shape index (κ2) is 3.53. The van der Waals surface area contributed by atoms with Crippen LogP contribution in [0.2, 0.25) is 0 Å². The number of nitrogens with zero attached hydrogens (tertiary/aromatic N) is 2. The van der Waals surface area contributed by atoms with Crippen LogP contribution in [-0.4, -0.2) is 20.5 Å². The highest BCUT2D eigenvalue weighted by atomic mass is 32.2. The Morgan fingerprint density at radius 1 is 1.50 bits per heavy atom. The van der Waals surface area contributed by atoms with Crippen molar-refractivity contribution in [1.82, 2.24) is 9.97 Å². The van der Waals surface area contributed by atoms with E-state index in [0.29, 0.717) is 0 Å². The van der Waals surface area contributed by atoms with Crippen LogP contribution in [0.25, 0.3) is 0 Å². The quantitative estimate of drug-likeness (QED) is 0.510. The fourth-order valence-corrected chi connectivity index (χ4v) is 1.18. The van der Waals surface area contributed by atoms with Crippen LogP contribution in [0.3, 0.4) is 0 Å². The van der Waals surface area contributed by atoms with E-state index >= 15 is 0 Å². The molecule has 1 aromatic heterocycles. The molecule has 10 heavy (non-hydrogen) atoms. The number of hydrogen-bond acceptors (Lipinski definition) is 4. The Morgan fingerprint density at radius 2 is 2.10 bits per heavy atom. The molecule has 1 N–H and O–H groups in total. The maximum absolute atomic E-state index is 8.91. The van der Waals surface area contributed by atoms with Gasteiger partial charge in [-0.1, -0.05) is 11.8 Å². The fourth-order valence-electron chi connectivity index (χ4n) is 0.543. The Morgan fingerprint density at radius 3 is 2.60 bits per heavy atom. The first-order chi connectivity index (χ1) is 4.79. The van der Waals surface area contributed by atoms with Crippen molar-refractivity contribution in [3.63, 3.8) is 0 Å². The minimum atomic E-state index is -0.397. The molecular weight excluding hydrogens is 148 g/mol. The van der Waals surface area contributed by atoms with E-state index in [1.165, 1.54) is 18.1 Å². The first-order valence-electron chi connectivity index (χ1n) is 2.89. The van der Waals surface area contributed by atoms with Crippen LogP contribution in [0.4, 0.5) is 0 Å². The number of aliphatic hydroxyl groups excluding tert-OH is 1. The molecule has 1 rings (SSSR count). The predicted octanol–water partition coefficient (Wildman–Crippen LogP) is 0.907. The van der Waals surface area contributed by atoms with E-state index in [4.69, 9.17) is 5.11 Å². The molecule has 1 heterocycles. The van der Waals surface area contributed by atoms with Gasteiger partial charge < -0.3 is 5.11 Å². The molecule has 1 atom stereocenters. The van der Waals surface area contributed by atoms with Crippen LogP contribution < -0.4 is 0 Å². The third kappa shape index (κ3) is 2.33. The number of aromatic nitrogens is 2. The summed E-state index contributed by atoms with van der Waals surface area (Å²) in [6.45, 7) is 1.71. The standard InChI is InChI=1S/C6H8N2OS/c1-5(9)10-6-2-7-4-8-3-6/h2-5,9H,1H3. The largest absolute Gasteiger partial charge is 0.382 e. The predicted molar refractivity (Wildman–Crippen MR) is 39.6 cm³/mol. The Labute approximate surface area is 63.5 Å². The molecule has 1 aromatic rings. The Kier molecular flexibility index (Phi) is 2.65. The third-order valence-electron chi connectivity index (χ3n) is 0.844. The van der Waals surface area contributed by atoms with Crippen LogP contribution in [0.5, 0.6) is 0 Å². The molecule has 0 saturated heterocycles. The van der Waals surface area contributed by atoms with E-state index in [9.17, 15) is 0 Å². The summed E-state index contributed by atoms with van der Waals surface area (Å²) in [7, 11) is 0. The Hall–Kier alpha value is -0.610. The summed E-state index contributed by atoms with van der Waals surface area (Å²) in [5.41, 5.74) is -0.397. The zero-order chi connectivity index (χ0) is 7.40. The third-order valence-corrected chi connectivity index (χ3v) is 1.67. The number of hydrogen-bond donors (Lipinski definition) is 1. The summed E-state index contributed by atoms with van der Waals surface area (Å²) >= 11 is 1.33. The number of aliphatic hydroxyl groups is 1. The van der Waals surface area contributed by atoms with E-state index in [0.717, 1.165) is 4.90 Å². The molecule has 0 spiro atoms. The van der Waals surface area contributed by atoms with Crippen LogP contribution in [0.15, 0.2) is 23.6 Å². The summed E-state index contributed by atoms with van der Waals surface area (Å²) < 4.78 is 0. The zero-order valence-corrected chi connectivity index (χ0v) is 6.38. The molecule has 0 bridgehead atoms. The van der Waals surface area contributed by atoms with Gasteiger partial charge in [-0.25, -0.2) is 9.97 Å². The second-order valence-electron chi connectivity index (χ2n) is 1.79. The highest BCUT2D eigenvalue weighted by molar-refractivity contribution is 7.99. The van der Waals surface area contributed by atoms with Gasteiger partial charge in [0, 0.05) is 17.3 Å². The number of rotatable bonds is 2. The highest BCUT2D eigenvalue weighted by Gasteiger charge is 1.97. The maximum Gasteiger partial charge on any atom is 0.115 e. The Balaban J connectivity index is 2.59. The van der Waals surface area contributed by atoms with Crippen molar-refractivity contribution in [2.75, 3.05) is 0 Å². The molecule has 0 radical (unpaired) electrons. The van der Waals surface area contributed by atoms with Gasteiger partial charge in [0.25, 0.3) is 0 Å². The minimum Gasteiger partial charge on any atom is -0.382 e. The number of thioether (sulfide) groups is 1. The van der Waals surface area contributed by atoms with Gasteiger partial charge in [0.05, 0.1) is 0 Å². The molecule has 54 valence electrons. The lowest BCUT2D eigenvalue weighted by Crippen LogP contribution is -1.91. The monoisotopic (exact) mass is 156 g/mol. The van der Waals surface area contributed by atoms with E-state index in [1.54, 1.807) is 19.3 Å². The molecule has 0 aliphatic carbocycles. The molecule has 3 nitrogen and oxygen atoms in total. The van der Waals surface area contributed by atoms with Crippen LogP contribution in [-0.2, 0) is 0 Å². The van der Waals surface area contributed by atoms with Crippen molar-refractivity contribution in [3.05, 3.63) is 18.7 Å². The molecule has 0 aliphatic rings. The lowest BCUT2D eigenvalue weighted by atomic mass is 10.7. The van der Waals surface area contributed by atoms with Crippen molar-refractivity contribution < 1.29 is 5.11 Å². The fraction of sp³-hybridized carbons (Fsp3) is 0.333. The summed E-state index contributed by atoms with van der Waals surface area (Å²) in [6.07, 6.45) is 4.81. The van der Waals surface area contributed by atoms with Gasteiger partial charge in [-0.2, -0.15) is 0 Å². The van der Waals surface area contributed by atoms with Gasteiger partial charge >= 0.3 is 0 Å². The first kappa shape index (κ1) is 7.50. The molecule has 0 amide bonds. The van der Waals surface area contributed by atoms with E-state index < -0.39 is 5.44 Å². The zero-order valence-electron chi connectivity index (χ0n) is 5.56. The van der Waals surface area contributed by atoms with E-state index in [2.05, 4.69) is 9.97 Å². The molecular formula is C6H8N2OS. The molecule has 1 unspecified atom stereocenters. The van der Waals surface area contributed by atoms with Crippen molar-refractivity contribution >= 4 is 11.8 Å². The van der Waals surface area contributed by atoms with E-state index in [1.807, 2.05) is 0 Å². The van der Waals surface area contributed by atoms with Gasteiger partial charge in [-0.05, 0) is 6.92 Å². The second-order valence-corrected chi connectivity index (χ2v) is 3.18. The van der Waals surface area contributed by atoms with Crippen molar-refractivity contribution in [1.29, 1.82) is 0 Å². The molecule has 0 aliphatic heterocycles. The maximum atomic E-state index is 8.91. The lowest BCUT2D eigenvalue weighted by molar-refractivity contribution is 0.284. The minimum absolute atomic E-state index is 0.397. The van der Waals surface area contributed by atoms with Crippen LogP contribution in [0.1, 0.15) is 6.92 Å².